The van der Waals surface area contributed by atoms with Gasteiger partial charge in [-0.1, -0.05) is 11.6 Å². The van der Waals surface area contributed by atoms with E-state index in [1.165, 1.54) is 6.07 Å². The van der Waals surface area contributed by atoms with E-state index in [4.69, 9.17) is 11.6 Å². The molecule has 1 N–H and O–H groups in total. The summed E-state index contributed by atoms with van der Waals surface area (Å²) in [6, 6.07) is 2.08. The van der Waals surface area contributed by atoms with Crippen molar-refractivity contribution in [3.63, 3.8) is 0 Å². The lowest BCUT2D eigenvalue weighted by Gasteiger charge is -2.27. The van der Waals surface area contributed by atoms with Gasteiger partial charge >= 0.3 is 12.2 Å². The predicted molar refractivity (Wildman–Crippen MR) is 62.0 cm³/mol. The first-order chi connectivity index (χ1) is 8.77. The lowest BCUT2D eigenvalue weighted by molar-refractivity contribution is -0.137. The first-order valence-corrected chi connectivity index (χ1v) is 5.64. The Morgan fingerprint density at radius 2 is 1.89 bits per heavy atom. The molecule has 102 valence electrons. The van der Waals surface area contributed by atoms with Gasteiger partial charge in [0.15, 0.2) is 0 Å². The smallest absolute Gasteiger partial charge is 0.294 e. The summed E-state index contributed by atoms with van der Waals surface area (Å²) in [6.45, 7) is 0.0162. The second-order valence-corrected chi connectivity index (χ2v) is 4.39. The van der Waals surface area contributed by atoms with E-state index in [0.29, 0.717) is 0 Å². The van der Waals surface area contributed by atoms with Crippen molar-refractivity contribution in [3.8, 4) is 0 Å². The van der Waals surface area contributed by atoms with Gasteiger partial charge in [-0.15, -0.1) is 0 Å². The van der Waals surface area contributed by atoms with Gasteiger partial charge < -0.3 is 0 Å². The number of alkyl halides is 3. The van der Waals surface area contributed by atoms with Crippen molar-refractivity contribution < 1.29 is 22.8 Å². The van der Waals surface area contributed by atoms with Crippen molar-refractivity contribution in [2.45, 2.75) is 12.6 Å². The molecule has 1 aliphatic heterocycles. The zero-order valence-electron chi connectivity index (χ0n) is 9.42. The number of benzene rings is 1. The zero-order valence-corrected chi connectivity index (χ0v) is 10.2. The molecule has 0 bridgehead atoms. The van der Waals surface area contributed by atoms with Crippen molar-refractivity contribution in [1.29, 1.82) is 0 Å². The standard InChI is InChI=1S/C11H8ClF3N2O2/c12-7-3-6(11(13,14)15)4-8(5-7)17-2-1-9(18)16-10(17)19/h3-5H,1-2H2,(H,16,18,19). The molecular formula is C11H8ClF3N2O2. The van der Waals surface area contributed by atoms with Crippen molar-refractivity contribution in [3.05, 3.63) is 28.8 Å². The van der Waals surface area contributed by atoms with Crippen molar-refractivity contribution in [2.24, 2.45) is 0 Å². The van der Waals surface area contributed by atoms with Gasteiger partial charge in [0.1, 0.15) is 0 Å². The number of halogens is 4. The third-order valence-corrected chi connectivity index (χ3v) is 2.79. The van der Waals surface area contributed by atoms with Crippen LogP contribution in [-0.4, -0.2) is 18.5 Å². The molecule has 4 nitrogen and oxygen atoms in total. The molecule has 0 unspecified atom stereocenters. The van der Waals surface area contributed by atoms with Crippen LogP contribution < -0.4 is 10.2 Å². The quantitative estimate of drug-likeness (QED) is 0.865. The molecule has 1 fully saturated rings. The number of carbonyl (C=O) groups is 2. The van der Waals surface area contributed by atoms with Gasteiger partial charge in [-0.05, 0) is 18.2 Å². The Morgan fingerprint density at radius 3 is 2.47 bits per heavy atom. The van der Waals surface area contributed by atoms with Crippen LogP contribution in [0.15, 0.2) is 18.2 Å². The molecular weight excluding hydrogens is 285 g/mol. The Hall–Kier alpha value is -1.76. The summed E-state index contributed by atoms with van der Waals surface area (Å²) < 4.78 is 37.9. The number of hydrogen-bond donors (Lipinski definition) is 1. The molecule has 1 aromatic rings. The van der Waals surface area contributed by atoms with Crippen LogP contribution in [0.25, 0.3) is 0 Å². The number of anilines is 1. The van der Waals surface area contributed by atoms with E-state index in [-0.39, 0.29) is 23.7 Å². The third-order valence-electron chi connectivity index (χ3n) is 2.58. The minimum atomic E-state index is -4.55. The molecule has 0 radical (unpaired) electrons. The normalized spacial score (nSPS) is 16.5. The largest absolute Gasteiger partial charge is 0.416 e. The second-order valence-electron chi connectivity index (χ2n) is 3.95. The molecule has 0 aromatic heterocycles. The number of imide groups is 1. The highest BCUT2D eigenvalue weighted by molar-refractivity contribution is 6.31. The number of rotatable bonds is 1. The molecule has 1 heterocycles. The highest BCUT2D eigenvalue weighted by atomic mass is 35.5. The summed E-state index contributed by atoms with van der Waals surface area (Å²) in [5.74, 6) is -0.459. The van der Waals surface area contributed by atoms with E-state index < -0.39 is 23.7 Å². The fourth-order valence-electron chi connectivity index (χ4n) is 1.70. The van der Waals surface area contributed by atoms with Crippen LogP contribution in [-0.2, 0) is 11.0 Å². The first-order valence-electron chi connectivity index (χ1n) is 5.26. The van der Waals surface area contributed by atoms with E-state index in [0.717, 1.165) is 17.0 Å². The first kappa shape index (κ1) is 13.7. The SMILES string of the molecule is O=C1CCN(c2cc(Cl)cc(C(F)(F)F)c2)C(=O)N1. The molecule has 3 amide bonds. The van der Waals surface area contributed by atoms with Gasteiger partial charge in [0.25, 0.3) is 0 Å². The van der Waals surface area contributed by atoms with Crippen molar-refractivity contribution in [2.75, 3.05) is 11.4 Å². The number of nitrogens with zero attached hydrogens (tertiary/aromatic N) is 1. The van der Waals surface area contributed by atoms with Gasteiger partial charge in [0.2, 0.25) is 5.91 Å². The van der Waals surface area contributed by atoms with Crippen LogP contribution in [0.1, 0.15) is 12.0 Å². The molecule has 2 rings (SSSR count). The number of carbonyl (C=O) groups excluding carboxylic acids is 2. The molecule has 0 spiro atoms. The summed E-state index contributed by atoms with van der Waals surface area (Å²) in [5.41, 5.74) is -0.940. The lowest BCUT2D eigenvalue weighted by Crippen LogP contribution is -2.49. The topological polar surface area (TPSA) is 49.4 Å². The molecule has 1 aliphatic rings. The Bertz CT molecular complexity index is 545. The molecule has 19 heavy (non-hydrogen) atoms. The summed E-state index contributed by atoms with van der Waals surface area (Å²) in [6.07, 6.45) is -4.53. The van der Waals surface area contributed by atoms with Crippen LogP contribution in [0.5, 0.6) is 0 Å². The summed E-state index contributed by atoms with van der Waals surface area (Å²) in [4.78, 5) is 23.6. The number of hydrogen-bond acceptors (Lipinski definition) is 2. The van der Waals surface area contributed by atoms with E-state index in [1.54, 1.807) is 0 Å². The molecule has 1 aromatic carbocycles. The average molecular weight is 293 g/mol. The lowest BCUT2D eigenvalue weighted by atomic mass is 10.1. The number of urea groups is 1. The second kappa shape index (κ2) is 4.73. The van der Waals surface area contributed by atoms with Gasteiger partial charge in [-0.25, -0.2) is 4.79 Å². The minimum Gasteiger partial charge on any atom is -0.294 e. The van der Waals surface area contributed by atoms with Crippen LogP contribution >= 0.6 is 11.6 Å². The molecule has 1 saturated heterocycles. The van der Waals surface area contributed by atoms with Crippen molar-refractivity contribution >= 4 is 29.2 Å². The van der Waals surface area contributed by atoms with Gasteiger partial charge in [-0.2, -0.15) is 13.2 Å². The Balaban J connectivity index is 2.37. The maximum absolute atomic E-state index is 12.6. The fraction of sp³-hybridized carbons (Fsp3) is 0.273. The molecule has 0 atom stereocenters. The van der Waals surface area contributed by atoms with E-state index >= 15 is 0 Å². The van der Waals surface area contributed by atoms with Crippen molar-refractivity contribution in [1.82, 2.24) is 5.32 Å². The highest BCUT2D eigenvalue weighted by Gasteiger charge is 2.33. The Labute approximate surface area is 111 Å². The van der Waals surface area contributed by atoms with E-state index in [2.05, 4.69) is 0 Å². The Morgan fingerprint density at radius 1 is 1.21 bits per heavy atom. The Kier molecular flexibility index (Phi) is 3.40. The summed E-state index contributed by atoms with van der Waals surface area (Å²) in [5, 5.41) is 1.90. The zero-order chi connectivity index (χ0) is 14.2. The van der Waals surface area contributed by atoms with Gasteiger partial charge in [-0.3, -0.25) is 15.0 Å². The summed E-state index contributed by atoms with van der Waals surface area (Å²) >= 11 is 5.63. The van der Waals surface area contributed by atoms with Gasteiger partial charge in [0, 0.05) is 23.7 Å². The molecule has 8 heteroatoms. The van der Waals surface area contributed by atoms with Crippen LogP contribution in [0.3, 0.4) is 0 Å². The monoisotopic (exact) mass is 292 g/mol. The minimum absolute atomic E-state index is 0.00447. The average Bonchev–Trinajstić information content (AvgIpc) is 2.26. The third kappa shape index (κ3) is 2.98. The van der Waals surface area contributed by atoms with Crippen LogP contribution in [0.4, 0.5) is 23.7 Å². The molecule has 0 saturated carbocycles. The maximum atomic E-state index is 12.6. The fourth-order valence-corrected chi connectivity index (χ4v) is 1.93. The van der Waals surface area contributed by atoms with Crippen LogP contribution in [0, 0.1) is 0 Å². The number of nitrogens with one attached hydrogen (secondary N) is 1. The summed E-state index contributed by atoms with van der Waals surface area (Å²) in [7, 11) is 0. The molecule has 0 aliphatic carbocycles. The predicted octanol–water partition coefficient (Wildman–Crippen LogP) is 2.81. The van der Waals surface area contributed by atoms with Gasteiger partial charge in [0.05, 0.1) is 5.56 Å². The number of amides is 3. The highest BCUT2D eigenvalue weighted by Crippen LogP contribution is 2.34. The van der Waals surface area contributed by atoms with E-state index in [9.17, 15) is 22.8 Å². The van der Waals surface area contributed by atoms with Crippen LogP contribution in [0.2, 0.25) is 5.02 Å². The maximum Gasteiger partial charge on any atom is 0.416 e. The van der Waals surface area contributed by atoms with E-state index in [1.807, 2.05) is 5.32 Å².